The molecular formula is C45H28N6. The summed E-state index contributed by atoms with van der Waals surface area (Å²) in [5, 5.41) is 6.36. The van der Waals surface area contributed by atoms with E-state index in [2.05, 4.69) is 126 Å². The maximum Gasteiger partial charge on any atom is 0.181 e. The Labute approximate surface area is 293 Å². The van der Waals surface area contributed by atoms with Gasteiger partial charge in [-0.25, -0.2) is 24.9 Å². The molecule has 10 aromatic rings. The van der Waals surface area contributed by atoms with Crippen LogP contribution in [-0.4, -0.2) is 29.3 Å². The molecule has 0 N–H and O–H groups in total. The average Bonchev–Trinajstić information content (AvgIpc) is 3.55. The molecule has 6 heteroatoms. The van der Waals surface area contributed by atoms with Crippen LogP contribution < -0.4 is 0 Å². The lowest BCUT2D eigenvalue weighted by atomic mass is 10.0. The standard InChI is InChI=1S/C45H28N6/c1-3-17-31(18-4-1)40-49-44(32-19-5-2-6-20-32)51-39(35-25-11-12-26-38(35)45(51)50-40)43-47-41(36-27-13-21-29-15-7-9-23-33(29)36)46-42(48-43)37-28-14-22-30-16-8-10-24-34(30)37/h1-28H. The lowest BCUT2D eigenvalue weighted by molar-refractivity contribution is 1.02. The highest BCUT2D eigenvalue weighted by molar-refractivity contribution is 6.06. The van der Waals surface area contributed by atoms with E-state index in [4.69, 9.17) is 24.9 Å². The zero-order valence-corrected chi connectivity index (χ0v) is 27.3. The third-order valence-corrected chi connectivity index (χ3v) is 9.47. The van der Waals surface area contributed by atoms with Crippen molar-refractivity contribution in [2.45, 2.75) is 0 Å². The molecule has 0 unspecified atom stereocenters. The van der Waals surface area contributed by atoms with Gasteiger partial charge in [-0.15, -0.1) is 0 Å². The van der Waals surface area contributed by atoms with Crippen LogP contribution in [0.15, 0.2) is 170 Å². The van der Waals surface area contributed by atoms with E-state index in [0.717, 1.165) is 71.7 Å². The molecule has 0 aliphatic heterocycles. The van der Waals surface area contributed by atoms with Crippen molar-refractivity contribution in [3.8, 4) is 57.1 Å². The highest BCUT2D eigenvalue weighted by Crippen LogP contribution is 2.38. The average molecular weight is 653 g/mol. The summed E-state index contributed by atoms with van der Waals surface area (Å²) >= 11 is 0. The number of fused-ring (bicyclic) bond motifs is 5. The third kappa shape index (κ3) is 4.84. The molecule has 10 rings (SSSR count). The summed E-state index contributed by atoms with van der Waals surface area (Å²) in [5.41, 5.74) is 5.38. The van der Waals surface area contributed by atoms with Crippen molar-refractivity contribution in [2.75, 3.05) is 0 Å². The van der Waals surface area contributed by atoms with Crippen LogP contribution in [0, 0.1) is 0 Å². The second-order valence-electron chi connectivity index (χ2n) is 12.5. The highest BCUT2D eigenvalue weighted by Gasteiger charge is 2.24. The van der Waals surface area contributed by atoms with Gasteiger partial charge in [0, 0.05) is 33.0 Å². The molecule has 51 heavy (non-hydrogen) atoms. The van der Waals surface area contributed by atoms with Gasteiger partial charge in [-0.2, -0.15) is 0 Å². The minimum atomic E-state index is 0.542. The fourth-order valence-corrected chi connectivity index (χ4v) is 7.10. The maximum absolute atomic E-state index is 5.32. The first kappa shape index (κ1) is 28.9. The Morgan fingerprint density at radius 3 is 1.39 bits per heavy atom. The molecule has 3 aromatic heterocycles. The largest absolute Gasteiger partial charge is 0.273 e. The van der Waals surface area contributed by atoms with Crippen molar-refractivity contribution < 1.29 is 0 Å². The summed E-state index contributed by atoms with van der Waals surface area (Å²) in [4.78, 5) is 26.3. The van der Waals surface area contributed by atoms with Crippen LogP contribution in [0.4, 0.5) is 0 Å². The molecule has 0 aliphatic carbocycles. The van der Waals surface area contributed by atoms with Gasteiger partial charge < -0.3 is 0 Å². The van der Waals surface area contributed by atoms with E-state index in [-0.39, 0.29) is 0 Å². The summed E-state index contributed by atoms with van der Waals surface area (Å²) < 4.78 is 2.13. The highest BCUT2D eigenvalue weighted by atomic mass is 15.1. The van der Waals surface area contributed by atoms with E-state index in [1.54, 1.807) is 0 Å². The molecule has 0 amide bonds. The number of nitrogens with zero attached hydrogens (tertiary/aromatic N) is 6. The maximum atomic E-state index is 5.32. The number of hydrogen-bond acceptors (Lipinski definition) is 5. The van der Waals surface area contributed by atoms with Crippen LogP contribution in [0.25, 0.3) is 95.0 Å². The Morgan fingerprint density at radius 2 is 0.784 bits per heavy atom. The van der Waals surface area contributed by atoms with Gasteiger partial charge >= 0.3 is 0 Å². The molecule has 238 valence electrons. The van der Waals surface area contributed by atoms with Crippen LogP contribution in [0.3, 0.4) is 0 Å². The molecule has 7 aromatic carbocycles. The topological polar surface area (TPSA) is 68.9 Å². The lowest BCUT2D eigenvalue weighted by Gasteiger charge is -2.14. The number of aromatic nitrogens is 6. The van der Waals surface area contributed by atoms with Crippen molar-refractivity contribution in [1.82, 2.24) is 29.3 Å². The fourth-order valence-electron chi connectivity index (χ4n) is 7.10. The summed E-state index contributed by atoms with van der Waals surface area (Å²) in [5.74, 6) is 3.15. The van der Waals surface area contributed by atoms with E-state index < -0.39 is 0 Å². The first-order valence-electron chi connectivity index (χ1n) is 16.9. The van der Waals surface area contributed by atoms with Crippen molar-refractivity contribution in [3.05, 3.63) is 170 Å². The first-order valence-corrected chi connectivity index (χ1v) is 16.9. The summed E-state index contributed by atoms with van der Waals surface area (Å²) in [6.07, 6.45) is 0. The van der Waals surface area contributed by atoms with Crippen molar-refractivity contribution in [1.29, 1.82) is 0 Å². The van der Waals surface area contributed by atoms with Gasteiger partial charge in [0.15, 0.2) is 23.3 Å². The molecule has 0 radical (unpaired) electrons. The Bertz CT molecular complexity index is 2810. The SMILES string of the molecule is c1ccc(-c2nc(-c3ccccc3)n3c(-c4nc(-c5cccc6ccccc56)nc(-c5cccc6ccccc56)n4)c4ccccc4c3n2)cc1. The van der Waals surface area contributed by atoms with Gasteiger partial charge in [0.05, 0.1) is 0 Å². The number of hydrogen-bond donors (Lipinski definition) is 0. The smallest absolute Gasteiger partial charge is 0.181 e. The quantitative estimate of drug-likeness (QED) is 0.185. The van der Waals surface area contributed by atoms with Gasteiger partial charge in [-0.3, -0.25) is 4.40 Å². The van der Waals surface area contributed by atoms with Gasteiger partial charge in [-0.1, -0.05) is 170 Å². The van der Waals surface area contributed by atoms with E-state index in [1.165, 1.54) is 0 Å². The van der Waals surface area contributed by atoms with Crippen LogP contribution in [-0.2, 0) is 0 Å². The molecule has 6 nitrogen and oxygen atoms in total. The normalized spacial score (nSPS) is 11.5. The minimum absolute atomic E-state index is 0.542. The zero-order valence-electron chi connectivity index (χ0n) is 27.3. The molecule has 0 saturated heterocycles. The third-order valence-electron chi connectivity index (χ3n) is 9.47. The molecule has 3 heterocycles. The summed E-state index contributed by atoms with van der Waals surface area (Å²) in [7, 11) is 0. The van der Waals surface area contributed by atoms with E-state index in [0.29, 0.717) is 23.3 Å². The molecule has 0 fully saturated rings. The van der Waals surface area contributed by atoms with Gasteiger partial charge in [0.1, 0.15) is 17.2 Å². The van der Waals surface area contributed by atoms with E-state index >= 15 is 0 Å². The van der Waals surface area contributed by atoms with Gasteiger partial charge in [-0.05, 0) is 21.5 Å². The monoisotopic (exact) mass is 652 g/mol. The molecule has 0 saturated carbocycles. The van der Waals surface area contributed by atoms with E-state index in [9.17, 15) is 0 Å². The van der Waals surface area contributed by atoms with Crippen molar-refractivity contribution in [3.63, 3.8) is 0 Å². The van der Waals surface area contributed by atoms with Crippen molar-refractivity contribution in [2.24, 2.45) is 0 Å². The molecule has 0 atom stereocenters. The Balaban J connectivity index is 1.34. The second-order valence-corrected chi connectivity index (χ2v) is 12.5. The summed E-state index contributed by atoms with van der Waals surface area (Å²) in [6, 6.07) is 58.0. The van der Waals surface area contributed by atoms with Crippen LogP contribution in [0.5, 0.6) is 0 Å². The van der Waals surface area contributed by atoms with Crippen molar-refractivity contribution >= 4 is 38.0 Å². The van der Waals surface area contributed by atoms with Gasteiger partial charge in [0.25, 0.3) is 0 Å². The number of rotatable bonds is 5. The Hall–Kier alpha value is -7.05. The molecular weight excluding hydrogens is 625 g/mol. The van der Waals surface area contributed by atoms with Gasteiger partial charge in [0.2, 0.25) is 0 Å². The molecule has 0 aliphatic rings. The van der Waals surface area contributed by atoms with Crippen LogP contribution >= 0.6 is 0 Å². The molecule has 0 bridgehead atoms. The predicted molar refractivity (Wildman–Crippen MR) is 206 cm³/mol. The predicted octanol–water partition coefficient (Wildman–Crippen LogP) is 10.7. The first-order chi connectivity index (χ1) is 25.3. The van der Waals surface area contributed by atoms with Crippen LogP contribution in [0.2, 0.25) is 0 Å². The minimum Gasteiger partial charge on any atom is -0.273 e. The Morgan fingerprint density at radius 1 is 0.314 bits per heavy atom. The fraction of sp³-hybridized carbons (Fsp3) is 0. The Kier molecular flexibility index (Phi) is 6.70. The lowest BCUT2D eigenvalue weighted by Crippen LogP contribution is -2.06. The summed E-state index contributed by atoms with van der Waals surface area (Å²) in [6.45, 7) is 0. The number of benzene rings is 7. The zero-order chi connectivity index (χ0) is 33.7. The molecule has 0 spiro atoms. The van der Waals surface area contributed by atoms with E-state index in [1.807, 2.05) is 48.5 Å². The second kappa shape index (κ2) is 11.8. The van der Waals surface area contributed by atoms with Crippen LogP contribution in [0.1, 0.15) is 0 Å².